The second-order valence-electron chi connectivity index (χ2n) is 7.31. The fourth-order valence-corrected chi connectivity index (χ4v) is 5.34. The van der Waals surface area contributed by atoms with Crippen LogP contribution < -0.4 is 9.47 Å². The van der Waals surface area contributed by atoms with E-state index < -0.39 is 12.2 Å². The first-order valence-corrected chi connectivity index (χ1v) is 8.62. The second-order valence-corrected chi connectivity index (χ2v) is 7.31. The maximum atomic E-state index is 11.4. The van der Waals surface area contributed by atoms with E-state index in [9.17, 15) is 9.90 Å². The number of benzene rings is 1. The molecule has 2 bridgehead atoms. The lowest BCUT2D eigenvalue weighted by atomic mass is 9.61. The van der Waals surface area contributed by atoms with Crippen LogP contribution in [0.4, 0.5) is 0 Å². The van der Waals surface area contributed by atoms with E-state index in [0.29, 0.717) is 12.5 Å². The summed E-state index contributed by atoms with van der Waals surface area (Å²) in [4.78, 5) is 13.9. The molecule has 1 aromatic rings. The van der Waals surface area contributed by atoms with Crippen LogP contribution in [-0.2, 0) is 21.5 Å². The van der Waals surface area contributed by atoms with Crippen molar-refractivity contribution in [3.63, 3.8) is 0 Å². The van der Waals surface area contributed by atoms with E-state index in [4.69, 9.17) is 14.2 Å². The van der Waals surface area contributed by atoms with Crippen molar-refractivity contribution in [2.75, 3.05) is 13.3 Å². The van der Waals surface area contributed by atoms with E-state index >= 15 is 0 Å². The van der Waals surface area contributed by atoms with Crippen LogP contribution in [-0.4, -0.2) is 47.6 Å². The summed E-state index contributed by atoms with van der Waals surface area (Å²) in [6, 6.07) is 4.40. The molecular formula is C18H21NO5. The Hall–Kier alpha value is -1.79. The van der Waals surface area contributed by atoms with Gasteiger partial charge in [0.2, 0.25) is 6.79 Å². The average Bonchev–Trinajstić information content (AvgIpc) is 3.11. The molecule has 5 unspecified atom stereocenters. The zero-order chi connectivity index (χ0) is 16.5. The Labute approximate surface area is 140 Å². The molecule has 0 aromatic heterocycles. The third kappa shape index (κ3) is 1.75. The largest absolute Gasteiger partial charge is 0.460 e. The van der Waals surface area contributed by atoms with Crippen LogP contribution in [0.1, 0.15) is 37.3 Å². The van der Waals surface area contributed by atoms with E-state index in [2.05, 4.69) is 11.0 Å². The summed E-state index contributed by atoms with van der Waals surface area (Å²) in [6.07, 6.45) is 1.40. The number of hydrogen-bond donors (Lipinski definition) is 1. The quantitative estimate of drug-likeness (QED) is 0.783. The van der Waals surface area contributed by atoms with Gasteiger partial charge in [0.05, 0.1) is 0 Å². The summed E-state index contributed by atoms with van der Waals surface area (Å²) in [7, 11) is 0. The topological polar surface area (TPSA) is 68.2 Å². The molecule has 5 atom stereocenters. The molecule has 24 heavy (non-hydrogen) atoms. The SMILES string of the molecule is CC(=O)OC1CCC2N3CCC2(c2cc4c(cc2C3)OCO4)C1O. The fourth-order valence-electron chi connectivity index (χ4n) is 5.34. The Balaban J connectivity index is 1.63. The average molecular weight is 331 g/mol. The predicted octanol–water partition coefficient (Wildman–Crippen LogP) is 1.33. The molecule has 4 aliphatic rings. The Morgan fingerprint density at radius 3 is 2.92 bits per heavy atom. The summed E-state index contributed by atoms with van der Waals surface area (Å²) < 4.78 is 16.5. The van der Waals surface area contributed by atoms with Crippen molar-refractivity contribution in [2.24, 2.45) is 0 Å². The van der Waals surface area contributed by atoms with E-state index in [1.165, 1.54) is 12.5 Å². The number of nitrogens with zero attached hydrogens (tertiary/aromatic N) is 1. The smallest absolute Gasteiger partial charge is 0.302 e. The minimum Gasteiger partial charge on any atom is -0.460 e. The molecule has 1 aliphatic carbocycles. The normalized spacial score (nSPS) is 38.4. The molecule has 1 aromatic carbocycles. The van der Waals surface area contributed by atoms with Gasteiger partial charge in [-0.2, -0.15) is 0 Å². The standard InChI is InChI=1S/C18H21NO5/c1-10(20)24-13-2-3-16-18(17(13)21)4-5-19(16)8-11-6-14-15(7-12(11)18)23-9-22-14/h6-7,13,16-17,21H,2-5,8-9H2,1H3. The number of ether oxygens (including phenoxy) is 3. The van der Waals surface area contributed by atoms with Gasteiger partial charge >= 0.3 is 5.97 Å². The van der Waals surface area contributed by atoms with Crippen LogP contribution in [0.25, 0.3) is 0 Å². The zero-order valence-electron chi connectivity index (χ0n) is 13.7. The molecule has 128 valence electrons. The fraction of sp³-hybridized carbons (Fsp3) is 0.611. The van der Waals surface area contributed by atoms with Crippen molar-refractivity contribution >= 4 is 5.97 Å². The van der Waals surface area contributed by atoms with Crippen LogP contribution in [0.2, 0.25) is 0 Å². The van der Waals surface area contributed by atoms with Crippen molar-refractivity contribution in [3.8, 4) is 11.5 Å². The molecule has 3 heterocycles. The third-order valence-electron chi connectivity index (χ3n) is 6.24. The first kappa shape index (κ1) is 14.5. The Kier molecular flexibility index (Phi) is 2.95. The summed E-state index contributed by atoms with van der Waals surface area (Å²) in [5, 5.41) is 11.2. The number of hydrogen-bond acceptors (Lipinski definition) is 6. The number of aliphatic hydroxyl groups is 1. The van der Waals surface area contributed by atoms with Crippen LogP contribution in [0.15, 0.2) is 12.1 Å². The molecule has 0 radical (unpaired) electrons. The van der Waals surface area contributed by atoms with Gasteiger partial charge in [-0.3, -0.25) is 9.69 Å². The molecule has 1 N–H and O–H groups in total. The van der Waals surface area contributed by atoms with Crippen molar-refractivity contribution < 1.29 is 24.1 Å². The van der Waals surface area contributed by atoms with Gasteiger partial charge in [-0.15, -0.1) is 0 Å². The van der Waals surface area contributed by atoms with Crippen molar-refractivity contribution in [2.45, 2.75) is 56.4 Å². The Morgan fingerprint density at radius 2 is 2.12 bits per heavy atom. The molecular weight excluding hydrogens is 310 g/mol. The first-order valence-electron chi connectivity index (χ1n) is 8.62. The monoisotopic (exact) mass is 331 g/mol. The van der Waals surface area contributed by atoms with Gasteiger partial charge in [0.1, 0.15) is 12.2 Å². The lowest BCUT2D eigenvalue weighted by Gasteiger charge is -2.51. The van der Waals surface area contributed by atoms with E-state index in [1.54, 1.807) is 0 Å². The number of carbonyl (C=O) groups is 1. The van der Waals surface area contributed by atoms with Crippen molar-refractivity contribution in [1.29, 1.82) is 0 Å². The molecule has 6 heteroatoms. The van der Waals surface area contributed by atoms with Crippen molar-refractivity contribution in [3.05, 3.63) is 23.3 Å². The first-order chi connectivity index (χ1) is 11.6. The second kappa shape index (κ2) is 4.86. The van der Waals surface area contributed by atoms with Gasteiger partial charge in [-0.25, -0.2) is 0 Å². The highest BCUT2D eigenvalue weighted by atomic mass is 16.7. The summed E-state index contributed by atoms with van der Waals surface area (Å²) >= 11 is 0. The van der Waals surface area contributed by atoms with Crippen LogP contribution >= 0.6 is 0 Å². The van der Waals surface area contributed by atoms with Gasteiger partial charge in [0.25, 0.3) is 0 Å². The van der Waals surface area contributed by atoms with E-state index in [1.807, 2.05) is 6.07 Å². The lowest BCUT2D eigenvalue weighted by molar-refractivity contribution is -0.162. The maximum Gasteiger partial charge on any atom is 0.302 e. The summed E-state index contributed by atoms with van der Waals surface area (Å²) in [5.41, 5.74) is 1.96. The van der Waals surface area contributed by atoms with Gasteiger partial charge in [0.15, 0.2) is 11.5 Å². The minimum atomic E-state index is -0.690. The summed E-state index contributed by atoms with van der Waals surface area (Å²) in [5.74, 6) is 1.21. The van der Waals surface area contributed by atoms with E-state index in [-0.39, 0.29) is 18.2 Å². The number of rotatable bonds is 1. The Bertz CT molecular complexity index is 720. The minimum absolute atomic E-state index is 0.247. The van der Waals surface area contributed by atoms with Crippen LogP contribution in [0.5, 0.6) is 11.5 Å². The van der Waals surface area contributed by atoms with Gasteiger partial charge in [-0.1, -0.05) is 0 Å². The molecule has 5 rings (SSSR count). The molecule has 6 nitrogen and oxygen atoms in total. The van der Waals surface area contributed by atoms with Gasteiger partial charge in [-0.05, 0) is 49.1 Å². The third-order valence-corrected chi connectivity index (χ3v) is 6.24. The molecule has 0 spiro atoms. The molecule has 1 saturated carbocycles. The molecule has 0 amide bonds. The van der Waals surface area contributed by atoms with Crippen molar-refractivity contribution in [1.82, 2.24) is 4.90 Å². The highest BCUT2D eigenvalue weighted by Crippen LogP contribution is 2.55. The number of fused-ring (bicyclic) bond motifs is 2. The van der Waals surface area contributed by atoms with Crippen LogP contribution in [0.3, 0.4) is 0 Å². The number of esters is 1. The summed E-state index contributed by atoms with van der Waals surface area (Å²) in [6.45, 7) is 3.49. The Morgan fingerprint density at radius 1 is 1.33 bits per heavy atom. The predicted molar refractivity (Wildman–Crippen MR) is 83.9 cm³/mol. The molecule has 3 aliphatic heterocycles. The maximum absolute atomic E-state index is 11.4. The highest BCUT2D eigenvalue weighted by molar-refractivity contribution is 5.66. The highest BCUT2D eigenvalue weighted by Gasteiger charge is 2.61. The lowest BCUT2D eigenvalue weighted by Crippen LogP contribution is -2.60. The molecule has 2 fully saturated rings. The molecule has 1 saturated heterocycles. The zero-order valence-corrected chi connectivity index (χ0v) is 13.7. The van der Waals surface area contributed by atoms with Crippen LogP contribution in [0, 0.1) is 0 Å². The van der Waals surface area contributed by atoms with Gasteiger partial charge in [0, 0.05) is 24.9 Å². The van der Waals surface area contributed by atoms with Gasteiger partial charge < -0.3 is 19.3 Å². The number of carbonyl (C=O) groups excluding carboxylic acids is 1. The van der Waals surface area contributed by atoms with E-state index in [0.717, 1.165) is 43.0 Å². The number of aliphatic hydroxyl groups excluding tert-OH is 1.